The number of hydrogen-bond acceptors (Lipinski definition) is 6. The van der Waals surface area contributed by atoms with Crippen LogP contribution in [0.3, 0.4) is 0 Å². The van der Waals surface area contributed by atoms with Crippen LogP contribution in [0.1, 0.15) is 36.7 Å². The van der Waals surface area contributed by atoms with Gasteiger partial charge in [0.05, 0.1) is 12.0 Å². The van der Waals surface area contributed by atoms with Crippen LogP contribution in [-0.4, -0.2) is 56.5 Å². The maximum absolute atomic E-state index is 13.6. The summed E-state index contributed by atoms with van der Waals surface area (Å²) in [6.45, 7) is 4.07. The molecule has 0 aliphatic carbocycles. The molecule has 1 fully saturated rings. The van der Waals surface area contributed by atoms with Crippen molar-refractivity contribution < 1.29 is 17.9 Å². The SMILES string of the molecule is CCCN(C1CCNCC1)S(=O)(=O)c1cccc2c(C(=O)OC)nccc12. The predicted molar refractivity (Wildman–Crippen MR) is 103 cm³/mol. The maximum Gasteiger partial charge on any atom is 0.357 e. The van der Waals surface area contributed by atoms with Crippen molar-refractivity contribution in [2.24, 2.45) is 0 Å². The molecule has 0 saturated carbocycles. The highest BCUT2D eigenvalue weighted by Crippen LogP contribution is 2.30. The van der Waals surface area contributed by atoms with Crippen molar-refractivity contribution >= 4 is 26.8 Å². The fourth-order valence-corrected chi connectivity index (χ4v) is 5.59. The number of carbonyl (C=O) groups excluding carboxylic acids is 1. The van der Waals surface area contributed by atoms with Gasteiger partial charge in [-0.15, -0.1) is 0 Å². The monoisotopic (exact) mass is 391 g/mol. The van der Waals surface area contributed by atoms with E-state index in [1.807, 2.05) is 6.92 Å². The highest BCUT2D eigenvalue weighted by molar-refractivity contribution is 7.89. The zero-order valence-electron chi connectivity index (χ0n) is 15.6. The molecule has 0 atom stereocenters. The van der Waals surface area contributed by atoms with Crippen LogP contribution < -0.4 is 5.32 Å². The van der Waals surface area contributed by atoms with Crippen molar-refractivity contribution in [3.63, 3.8) is 0 Å². The number of carbonyl (C=O) groups is 1. The number of ether oxygens (including phenoxy) is 1. The Kier molecular flexibility index (Phi) is 6.08. The topological polar surface area (TPSA) is 88.6 Å². The van der Waals surface area contributed by atoms with Crippen LogP contribution in [0.4, 0.5) is 0 Å². The van der Waals surface area contributed by atoms with Crippen LogP contribution in [0.25, 0.3) is 10.8 Å². The third-order valence-corrected chi connectivity index (χ3v) is 6.90. The van der Waals surface area contributed by atoms with E-state index in [-0.39, 0.29) is 16.6 Å². The molecule has 2 heterocycles. The van der Waals surface area contributed by atoms with Gasteiger partial charge in [0.25, 0.3) is 0 Å². The molecular weight excluding hydrogens is 366 g/mol. The lowest BCUT2D eigenvalue weighted by atomic mass is 10.1. The van der Waals surface area contributed by atoms with E-state index < -0.39 is 16.0 Å². The van der Waals surface area contributed by atoms with Gasteiger partial charge in [0.1, 0.15) is 0 Å². The molecule has 0 spiro atoms. The van der Waals surface area contributed by atoms with Gasteiger partial charge in [-0.3, -0.25) is 0 Å². The standard InChI is InChI=1S/C19H25N3O4S/c1-3-13-22(14-7-10-20-11-8-14)27(24,25)17-6-4-5-16-15(17)9-12-21-18(16)19(23)26-2/h4-6,9,12,14,20H,3,7-8,10-11,13H2,1-2H3. The Labute approximate surface area is 159 Å². The van der Waals surface area contributed by atoms with Crippen LogP contribution >= 0.6 is 0 Å². The number of sulfonamides is 1. The second-order valence-electron chi connectivity index (χ2n) is 6.60. The van der Waals surface area contributed by atoms with Gasteiger partial charge in [0.15, 0.2) is 5.69 Å². The lowest BCUT2D eigenvalue weighted by molar-refractivity contribution is 0.0596. The summed E-state index contributed by atoms with van der Waals surface area (Å²) in [7, 11) is -2.43. The lowest BCUT2D eigenvalue weighted by Gasteiger charge is -2.33. The first-order valence-corrected chi connectivity index (χ1v) is 10.6. The Morgan fingerprint density at radius 3 is 2.67 bits per heavy atom. The van der Waals surface area contributed by atoms with Gasteiger partial charge in [-0.25, -0.2) is 18.2 Å². The minimum absolute atomic E-state index is 0.0200. The average molecular weight is 391 g/mol. The van der Waals surface area contributed by atoms with E-state index >= 15 is 0 Å². The number of methoxy groups -OCH3 is 1. The van der Waals surface area contributed by atoms with Crippen LogP contribution in [0.2, 0.25) is 0 Å². The summed E-state index contributed by atoms with van der Waals surface area (Å²) in [5.41, 5.74) is 0.121. The molecule has 3 rings (SSSR count). The summed E-state index contributed by atoms with van der Waals surface area (Å²) in [5, 5.41) is 4.25. The lowest BCUT2D eigenvalue weighted by Crippen LogP contribution is -2.46. The molecule has 8 heteroatoms. The molecule has 1 aliphatic rings. The number of benzene rings is 1. The van der Waals surface area contributed by atoms with E-state index in [4.69, 9.17) is 4.74 Å². The minimum Gasteiger partial charge on any atom is -0.464 e. The summed E-state index contributed by atoms with van der Waals surface area (Å²) in [6.07, 6.45) is 3.77. The maximum atomic E-state index is 13.6. The Bertz CT molecular complexity index is 924. The highest BCUT2D eigenvalue weighted by atomic mass is 32.2. The highest BCUT2D eigenvalue weighted by Gasteiger charge is 2.33. The predicted octanol–water partition coefficient (Wildman–Crippen LogP) is 2.17. The Balaban J connectivity index is 2.12. The molecule has 0 bridgehead atoms. The van der Waals surface area contributed by atoms with Crippen LogP contribution in [0, 0.1) is 0 Å². The summed E-state index contributed by atoms with van der Waals surface area (Å²) >= 11 is 0. The van der Waals surface area contributed by atoms with Crippen LogP contribution in [0.15, 0.2) is 35.4 Å². The minimum atomic E-state index is -3.71. The van der Waals surface area contributed by atoms with Crippen molar-refractivity contribution in [2.45, 2.75) is 37.1 Å². The molecule has 0 radical (unpaired) electrons. The normalized spacial score (nSPS) is 16.0. The van der Waals surface area contributed by atoms with Gasteiger partial charge >= 0.3 is 5.97 Å². The van der Waals surface area contributed by atoms with E-state index in [9.17, 15) is 13.2 Å². The number of piperidine rings is 1. The van der Waals surface area contributed by atoms with Gasteiger partial charge in [-0.1, -0.05) is 19.1 Å². The molecule has 27 heavy (non-hydrogen) atoms. The third-order valence-electron chi connectivity index (χ3n) is 4.89. The molecule has 7 nitrogen and oxygen atoms in total. The summed E-state index contributed by atoms with van der Waals surface area (Å²) < 4.78 is 33.5. The Morgan fingerprint density at radius 2 is 2.00 bits per heavy atom. The molecular formula is C19H25N3O4S. The first-order valence-electron chi connectivity index (χ1n) is 9.19. The van der Waals surface area contributed by atoms with Crippen molar-refractivity contribution in [1.82, 2.24) is 14.6 Å². The van der Waals surface area contributed by atoms with Crippen LogP contribution in [-0.2, 0) is 14.8 Å². The average Bonchev–Trinajstić information content (AvgIpc) is 2.71. The van der Waals surface area contributed by atoms with Gasteiger partial charge in [0.2, 0.25) is 10.0 Å². The second kappa shape index (κ2) is 8.33. The number of aromatic nitrogens is 1. The number of nitrogens with zero attached hydrogens (tertiary/aromatic N) is 2. The molecule has 1 saturated heterocycles. The molecule has 2 aromatic rings. The Morgan fingerprint density at radius 1 is 1.26 bits per heavy atom. The van der Waals surface area contributed by atoms with Crippen molar-refractivity contribution in [3.05, 3.63) is 36.2 Å². The Hall–Kier alpha value is -2.03. The zero-order chi connectivity index (χ0) is 19.4. The van der Waals surface area contributed by atoms with E-state index in [2.05, 4.69) is 10.3 Å². The number of hydrogen-bond donors (Lipinski definition) is 1. The second-order valence-corrected chi connectivity index (χ2v) is 8.46. The fourth-order valence-electron chi connectivity index (χ4n) is 3.60. The number of nitrogens with one attached hydrogen (secondary N) is 1. The number of pyridine rings is 1. The van der Waals surface area contributed by atoms with Gasteiger partial charge in [-0.2, -0.15) is 4.31 Å². The molecule has 0 amide bonds. The fraction of sp³-hybridized carbons (Fsp3) is 0.474. The molecule has 0 unspecified atom stereocenters. The molecule has 1 aromatic carbocycles. The number of rotatable bonds is 6. The summed E-state index contributed by atoms with van der Waals surface area (Å²) in [6, 6.07) is 6.57. The van der Waals surface area contributed by atoms with Crippen molar-refractivity contribution in [3.8, 4) is 0 Å². The summed E-state index contributed by atoms with van der Waals surface area (Å²) in [5.74, 6) is -0.584. The van der Waals surface area contributed by atoms with Crippen LogP contribution in [0.5, 0.6) is 0 Å². The molecule has 1 aliphatic heterocycles. The van der Waals surface area contributed by atoms with Gasteiger partial charge in [0, 0.05) is 29.6 Å². The van der Waals surface area contributed by atoms with Crippen molar-refractivity contribution in [1.29, 1.82) is 0 Å². The third kappa shape index (κ3) is 3.83. The molecule has 146 valence electrons. The van der Waals surface area contributed by atoms with Gasteiger partial charge in [-0.05, 0) is 44.5 Å². The molecule has 1 aromatic heterocycles. The first-order chi connectivity index (χ1) is 13.0. The molecule has 1 N–H and O–H groups in total. The van der Waals surface area contributed by atoms with Crippen molar-refractivity contribution in [2.75, 3.05) is 26.7 Å². The van der Waals surface area contributed by atoms with E-state index in [1.165, 1.54) is 13.3 Å². The van der Waals surface area contributed by atoms with E-state index in [0.29, 0.717) is 17.3 Å². The van der Waals surface area contributed by atoms with E-state index in [0.717, 1.165) is 32.4 Å². The number of esters is 1. The quantitative estimate of drug-likeness (QED) is 0.760. The smallest absolute Gasteiger partial charge is 0.357 e. The largest absolute Gasteiger partial charge is 0.464 e. The van der Waals surface area contributed by atoms with Gasteiger partial charge < -0.3 is 10.1 Å². The zero-order valence-corrected chi connectivity index (χ0v) is 16.5. The summed E-state index contributed by atoms with van der Waals surface area (Å²) in [4.78, 5) is 16.3. The van der Waals surface area contributed by atoms with E-state index in [1.54, 1.807) is 28.6 Å². The number of fused-ring (bicyclic) bond motifs is 1. The first kappa shape index (κ1) is 19.7.